The Kier molecular flexibility index (Phi) is 11.7. The summed E-state index contributed by atoms with van der Waals surface area (Å²) in [6.45, 7) is 9.18. The highest BCUT2D eigenvalue weighted by Crippen LogP contribution is 2.22. The van der Waals surface area contributed by atoms with Crippen LogP contribution in [-0.4, -0.2) is 70.8 Å². The monoisotopic (exact) mass is 555 g/mol. The highest BCUT2D eigenvalue weighted by Gasteiger charge is 2.35. The Labute approximate surface area is 236 Å². The number of alkyl carbamates (subject to hydrolysis) is 1. The predicted molar refractivity (Wildman–Crippen MR) is 150 cm³/mol. The van der Waals surface area contributed by atoms with Gasteiger partial charge in [-0.2, -0.15) is 0 Å². The summed E-state index contributed by atoms with van der Waals surface area (Å²) in [7, 11) is 0. The highest BCUT2D eigenvalue weighted by atomic mass is 16.6. The van der Waals surface area contributed by atoms with Crippen LogP contribution in [0.3, 0.4) is 0 Å². The molecule has 0 radical (unpaired) electrons. The lowest BCUT2D eigenvalue weighted by Crippen LogP contribution is -2.52. The molecular weight excluding hydrogens is 514 g/mol. The molecule has 0 heterocycles. The van der Waals surface area contributed by atoms with Crippen LogP contribution >= 0.6 is 0 Å². The average molecular weight is 556 g/mol. The number of rotatable bonds is 11. The van der Waals surface area contributed by atoms with Crippen LogP contribution in [0.5, 0.6) is 0 Å². The summed E-state index contributed by atoms with van der Waals surface area (Å²) >= 11 is 0. The number of ether oxygens (including phenoxy) is 2. The third-order valence-corrected chi connectivity index (χ3v) is 5.41. The molecule has 218 valence electrons. The number of nitrogens with zero attached hydrogens (tertiary/aromatic N) is 1. The maximum Gasteiger partial charge on any atom is 0.408 e. The van der Waals surface area contributed by atoms with Gasteiger partial charge in [0.2, 0.25) is 11.8 Å². The number of benzene rings is 2. The number of hydrogen-bond donors (Lipinski definition) is 3. The summed E-state index contributed by atoms with van der Waals surface area (Å²) in [6, 6.07) is 15.4. The van der Waals surface area contributed by atoms with Crippen molar-refractivity contribution in [3.05, 3.63) is 71.8 Å². The van der Waals surface area contributed by atoms with Crippen LogP contribution in [0.1, 0.15) is 58.7 Å². The van der Waals surface area contributed by atoms with E-state index in [0.717, 1.165) is 10.5 Å². The fraction of sp³-hybridized carbons (Fsp3) is 0.467. The third-order valence-electron chi connectivity index (χ3n) is 5.41. The van der Waals surface area contributed by atoms with E-state index in [1.54, 1.807) is 71.9 Å². The molecule has 0 aromatic heterocycles. The summed E-state index contributed by atoms with van der Waals surface area (Å²) in [4.78, 5) is 53.6. The van der Waals surface area contributed by atoms with Crippen molar-refractivity contribution in [2.45, 2.75) is 71.2 Å². The van der Waals surface area contributed by atoms with Crippen molar-refractivity contribution in [1.29, 1.82) is 0 Å². The number of nitrogens with one attached hydrogen (secondary N) is 2. The maximum atomic E-state index is 13.9. The number of carbonyl (C=O) groups excluding carboxylic acids is 4. The van der Waals surface area contributed by atoms with E-state index >= 15 is 0 Å². The second-order valence-electron chi connectivity index (χ2n) is 11.3. The molecule has 0 saturated heterocycles. The molecule has 0 aliphatic heterocycles. The van der Waals surface area contributed by atoms with Gasteiger partial charge in [-0.25, -0.2) is 9.59 Å². The number of aliphatic hydroxyl groups excluding tert-OH is 1. The van der Waals surface area contributed by atoms with Gasteiger partial charge in [0.25, 0.3) is 0 Å². The van der Waals surface area contributed by atoms with E-state index in [0.29, 0.717) is 5.56 Å². The summed E-state index contributed by atoms with van der Waals surface area (Å²) in [5.74, 6) is -1.89. The van der Waals surface area contributed by atoms with E-state index in [1.807, 2.05) is 30.3 Å². The molecule has 2 rings (SSSR count). The molecule has 2 atom stereocenters. The van der Waals surface area contributed by atoms with Crippen molar-refractivity contribution in [3.8, 4) is 0 Å². The molecule has 10 nitrogen and oxygen atoms in total. The molecule has 2 unspecified atom stereocenters. The molecule has 40 heavy (non-hydrogen) atoms. The quantitative estimate of drug-likeness (QED) is 0.363. The third kappa shape index (κ3) is 11.1. The van der Waals surface area contributed by atoms with Gasteiger partial charge >= 0.3 is 12.1 Å². The molecule has 0 fully saturated rings. The second-order valence-corrected chi connectivity index (χ2v) is 11.3. The Balaban J connectivity index is 2.37. The van der Waals surface area contributed by atoms with Gasteiger partial charge in [0.15, 0.2) is 0 Å². The molecule has 2 aromatic rings. The van der Waals surface area contributed by atoms with Crippen molar-refractivity contribution < 1.29 is 33.8 Å². The summed E-state index contributed by atoms with van der Waals surface area (Å²) in [5, 5.41) is 15.0. The lowest BCUT2D eigenvalue weighted by Gasteiger charge is -2.32. The van der Waals surface area contributed by atoms with Gasteiger partial charge < -0.3 is 30.1 Å². The van der Waals surface area contributed by atoms with Crippen LogP contribution in [0, 0.1) is 0 Å². The summed E-state index contributed by atoms with van der Waals surface area (Å²) < 4.78 is 10.8. The van der Waals surface area contributed by atoms with Gasteiger partial charge in [0, 0.05) is 13.0 Å². The number of esters is 1. The zero-order valence-corrected chi connectivity index (χ0v) is 24.1. The van der Waals surface area contributed by atoms with Crippen LogP contribution in [0.2, 0.25) is 0 Å². The van der Waals surface area contributed by atoms with Gasteiger partial charge in [-0.3, -0.25) is 9.59 Å². The van der Waals surface area contributed by atoms with Crippen molar-refractivity contribution in [2.75, 3.05) is 19.7 Å². The first kappa shape index (κ1) is 32.3. The zero-order valence-electron chi connectivity index (χ0n) is 24.1. The molecule has 0 bridgehead atoms. The predicted octanol–water partition coefficient (Wildman–Crippen LogP) is 3.14. The first-order valence-electron chi connectivity index (χ1n) is 13.2. The zero-order chi connectivity index (χ0) is 29.9. The number of aliphatic hydroxyl groups is 1. The number of carbonyl (C=O) groups is 4. The fourth-order valence-corrected chi connectivity index (χ4v) is 3.84. The lowest BCUT2D eigenvalue weighted by atomic mass is 10.0. The molecule has 2 aromatic carbocycles. The van der Waals surface area contributed by atoms with Gasteiger partial charge in [0.05, 0.1) is 6.61 Å². The SMILES string of the molecule is CC(C)(C)OC(=O)NCC(=O)N(CCO)C(C(=O)NC(Cc1ccccc1)C(=O)OC(C)(C)C)c1ccccc1. The minimum Gasteiger partial charge on any atom is -0.458 e. The van der Waals surface area contributed by atoms with Crippen LogP contribution in [0.4, 0.5) is 4.79 Å². The summed E-state index contributed by atoms with van der Waals surface area (Å²) in [6.07, 6.45) is -0.629. The van der Waals surface area contributed by atoms with Crippen molar-refractivity contribution >= 4 is 23.9 Å². The molecule has 0 saturated carbocycles. The molecule has 0 aliphatic rings. The molecule has 0 aliphatic carbocycles. The minimum absolute atomic E-state index is 0.164. The molecule has 3 amide bonds. The van der Waals surface area contributed by atoms with E-state index in [2.05, 4.69) is 10.6 Å². The van der Waals surface area contributed by atoms with E-state index in [9.17, 15) is 24.3 Å². The van der Waals surface area contributed by atoms with Gasteiger partial charge in [0.1, 0.15) is 29.8 Å². The smallest absolute Gasteiger partial charge is 0.408 e. The van der Waals surface area contributed by atoms with Crippen LogP contribution in [0.15, 0.2) is 60.7 Å². The topological polar surface area (TPSA) is 134 Å². The Morgan fingerprint density at radius 3 is 1.93 bits per heavy atom. The van der Waals surface area contributed by atoms with E-state index < -0.39 is 60.3 Å². The Morgan fingerprint density at radius 2 is 1.40 bits per heavy atom. The maximum absolute atomic E-state index is 13.9. The largest absolute Gasteiger partial charge is 0.458 e. The van der Waals surface area contributed by atoms with Crippen molar-refractivity contribution in [1.82, 2.24) is 15.5 Å². The van der Waals surface area contributed by atoms with E-state index in [4.69, 9.17) is 9.47 Å². The Hall–Kier alpha value is -3.92. The van der Waals surface area contributed by atoms with Gasteiger partial charge in [-0.05, 0) is 52.7 Å². The molecule has 0 spiro atoms. The lowest BCUT2D eigenvalue weighted by molar-refractivity contribution is -0.159. The second kappa shape index (κ2) is 14.5. The molecule has 10 heteroatoms. The van der Waals surface area contributed by atoms with Gasteiger partial charge in [-0.1, -0.05) is 60.7 Å². The van der Waals surface area contributed by atoms with Gasteiger partial charge in [-0.15, -0.1) is 0 Å². The highest BCUT2D eigenvalue weighted by molar-refractivity contribution is 5.92. The fourth-order valence-electron chi connectivity index (χ4n) is 3.84. The van der Waals surface area contributed by atoms with Crippen LogP contribution < -0.4 is 10.6 Å². The number of amides is 3. The minimum atomic E-state index is -1.21. The normalized spacial score (nSPS) is 13.0. The Morgan fingerprint density at radius 1 is 0.850 bits per heavy atom. The summed E-state index contributed by atoms with van der Waals surface area (Å²) in [5.41, 5.74) is -0.289. The van der Waals surface area contributed by atoms with E-state index in [-0.39, 0.29) is 13.0 Å². The first-order valence-corrected chi connectivity index (χ1v) is 13.2. The average Bonchev–Trinajstić information content (AvgIpc) is 2.86. The van der Waals surface area contributed by atoms with Crippen molar-refractivity contribution in [2.24, 2.45) is 0 Å². The molecular formula is C30H41N3O7. The Bertz CT molecular complexity index is 1130. The standard InChI is InChI=1S/C30H41N3O7/c1-29(2,3)39-27(37)23(19-21-13-9-7-10-14-21)32-26(36)25(22-15-11-8-12-16-22)33(17-18-34)24(35)20-31-28(38)40-30(4,5)6/h7-16,23,25,34H,17-20H2,1-6H3,(H,31,38)(H,32,36). The van der Waals surface area contributed by atoms with Crippen LogP contribution in [0.25, 0.3) is 0 Å². The van der Waals surface area contributed by atoms with Crippen molar-refractivity contribution in [3.63, 3.8) is 0 Å². The first-order chi connectivity index (χ1) is 18.7. The molecule has 3 N–H and O–H groups in total. The number of hydrogen-bond acceptors (Lipinski definition) is 7. The van der Waals surface area contributed by atoms with E-state index in [1.165, 1.54) is 0 Å². The van der Waals surface area contributed by atoms with Crippen LogP contribution in [-0.2, 0) is 30.3 Å².